The summed E-state index contributed by atoms with van der Waals surface area (Å²) in [6, 6.07) is 0.0731. The summed E-state index contributed by atoms with van der Waals surface area (Å²) in [5, 5.41) is 0.794. The first-order valence-corrected chi connectivity index (χ1v) is 4.45. The fraction of sp³-hybridized carbons (Fsp3) is 0. The molecule has 0 saturated heterocycles. The number of halogens is 2. The lowest BCUT2D eigenvalue weighted by atomic mass is 10.2. The predicted octanol–water partition coefficient (Wildman–Crippen LogP) is 2.63. The second-order valence-electron chi connectivity index (χ2n) is 2.54. The lowest BCUT2D eigenvalue weighted by molar-refractivity contribution is 0.595. The van der Waals surface area contributed by atoms with Gasteiger partial charge in [0.05, 0.1) is 21.8 Å². The van der Waals surface area contributed by atoms with Crippen LogP contribution < -0.4 is 5.73 Å². The van der Waals surface area contributed by atoms with Crippen LogP contribution >= 0.6 is 23.2 Å². The molecule has 4 nitrogen and oxygen atoms in total. The molecule has 2 rings (SSSR count). The molecule has 6 heteroatoms. The maximum absolute atomic E-state index is 5.90. The summed E-state index contributed by atoms with van der Waals surface area (Å²) in [4.78, 5) is 7.57. The molecule has 2 aromatic heterocycles. The van der Waals surface area contributed by atoms with E-state index in [1.165, 1.54) is 18.6 Å². The molecular weight excluding hydrogens is 225 g/mol. The van der Waals surface area contributed by atoms with Gasteiger partial charge in [0.25, 0.3) is 6.01 Å². The van der Waals surface area contributed by atoms with Gasteiger partial charge in [-0.05, 0) is 0 Å². The highest BCUT2D eigenvalue weighted by molar-refractivity contribution is 6.38. The number of anilines is 1. The van der Waals surface area contributed by atoms with Crippen molar-refractivity contribution in [3.8, 4) is 11.3 Å². The second-order valence-corrected chi connectivity index (χ2v) is 3.36. The van der Waals surface area contributed by atoms with Crippen LogP contribution in [-0.2, 0) is 0 Å². The zero-order valence-electron chi connectivity index (χ0n) is 6.87. The SMILES string of the molecule is Nc1ncc(-c2c(Cl)cncc2Cl)o1. The first-order valence-electron chi connectivity index (χ1n) is 3.69. The normalized spacial score (nSPS) is 10.4. The summed E-state index contributed by atoms with van der Waals surface area (Å²) >= 11 is 11.8. The molecule has 0 radical (unpaired) electrons. The Labute approximate surface area is 89.7 Å². The van der Waals surface area contributed by atoms with E-state index in [1.54, 1.807) is 0 Å². The second kappa shape index (κ2) is 3.48. The Kier molecular flexibility index (Phi) is 2.31. The Morgan fingerprint density at radius 2 is 1.79 bits per heavy atom. The van der Waals surface area contributed by atoms with Gasteiger partial charge in [-0.2, -0.15) is 0 Å². The third-order valence-corrected chi connectivity index (χ3v) is 2.20. The van der Waals surface area contributed by atoms with Crippen molar-refractivity contribution in [3.05, 3.63) is 28.6 Å². The molecule has 72 valence electrons. The zero-order chi connectivity index (χ0) is 10.1. The average Bonchev–Trinajstić information content (AvgIpc) is 2.51. The van der Waals surface area contributed by atoms with E-state index >= 15 is 0 Å². The molecule has 0 aliphatic heterocycles. The number of nitrogen functional groups attached to an aromatic ring is 1. The third kappa shape index (κ3) is 1.54. The molecule has 0 amide bonds. The van der Waals surface area contributed by atoms with Gasteiger partial charge >= 0.3 is 0 Å². The van der Waals surface area contributed by atoms with Gasteiger partial charge in [-0.1, -0.05) is 23.2 Å². The minimum atomic E-state index is 0.0731. The number of aromatic nitrogens is 2. The number of hydrogen-bond acceptors (Lipinski definition) is 4. The molecule has 2 N–H and O–H groups in total. The van der Waals surface area contributed by atoms with Crippen molar-refractivity contribution in [1.82, 2.24) is 9.97 Å². The molecule has 0 aliphatic carbocycles. The highest BCUT2D eigenvalue weighted by atomic mass is 35.5. The van der Waals surface area contributed by atoms with E-state index in [0.29, 0.717) is 21.4 Å². The first-order chi connectivity index (χ1) is 6.68. The van der Waals surface area contributed by atoms with E-state index < -0.39 is 0 Å². The Bertz CT molecular complexity index is 449. The summed E-state index contributed by atoms with van der Waals surface area (Å²) in [5.74, 6) is 0.430. The predicted molar refractivity (Wildman–Crippen MR) is 54.2 cm³/mol. The van der Waals surface area contributed by atoms with E-state index in [2.05, 4.69) is 9.97 Å². The van der Waals surface area contributed by atoms with E-state index in [0.717, 1.165) is 0 Å². The number of rotatable bonds is 1. The van der Waals surface area contributed by atoms with Crippen LogP contribution in [0, 0.1) is 0 Å². The van der Waals surface area contributed by atoms with Crippen LogP contribution in [0.15, 0.2) is 23.0 Å². The minimum Gasteiger partial charge on any atom is -0.424 e. The molecule has 0 unspecified atom stereocenters. The van der Waals surface area contributed by atoms with Crippen LogP contribution in [0.3, 0.4) is 0 Å². The quantitative estimate of drug-likeness (QED) is 0.817. The van der Waals surface area contributed by atoms with Crippen molar-refractivity contribution in [2.45, 2.75) is 0 Å². The maximum atomic E-state index is 5.90. The number of hydrogen-bond donors (Lipinski definition) is 1. The largest absolute Gasteiger partial charge is 0.424 e. The van der Waals surface area contributed by atoms with Crippen LogP contribution in [0.25, 0.3) is 11.3 Å². The Balaban J connectivity index is 2.61. The summed E-state index contributed by atoms with van der Waals surface area (Å²) in [6.45, 7) is 0. The van der Waals surface area contributed by atoms with E-state index in [-0.39, 0.29) is 6.01 Å². The number of pyridine rings is 1. The molecule has 0 atom stereocenters. The van der Waals surface area contributed by atoms with E-state index in [9.17, 15) is 0 Å². The number of nitrogens with zero attached hydrogens (tertiary/aromatic N) is 2. The number of oxazole rings is 1. The smallest absolute Gasteiger partial charge is 0.292 e. The molecule has 2 aromatic rings. The lowest BCUT2D eigenvalue weighted by Gasteiger charge is -2.00. The van der Waals surface area contributed by atoms with Crippen molar-refractivity contribution in [1.29, 1.82) is 0 Å². The molecular formula is C8H5Cl2N3O. The van der Waals surface area contributed by atoms with Gasteiger partial charge < -0.3 is 10.2 Å². The van der Waals surface area contributed by atoms with Crippen LogP contribution in [0.2, 0.25) is 10.0 Å². The summed E-state index contributed by atoms with van der Waals surface area (Å²) in [6.07, 6.45) is 4.41. The highest BCUT2D eigenvalue weighted by Gasteiger charge is 2.12. The molecule has 2 heterocycles. The van der Waals surface area contributed by atoms with Crippen LogP contribution in [0.1, 0.15) is 0 Å². The average molecular weight is 230 g/mol. The number of nitrogens with two attached hydrogens (primary N) is 1. The van der Waals surface area contributed by atoms with Crippen molar-refractivity contribution in [3.63, 3.8) is 0 Å². The van der Waals surface area contributed by atoms with Crippen molar-refractivity contribution >= 4 is 29.2 Å². The van der Waals surface area contributed by atoms with E-state index in [4.69, 9.17) is 33.4 Å². The van der Waals surface area contributed by atoms with Gasteiger partial charge in [-0.3, -0.25) is 4.98 Å². The summed E-state index contributed by atoms with van der Waals surface area (Å²) < 4.78 is 5.10. The first kappa shape index (κ1) is 9.30. The van der Waals surface area contributed by atoms with Crippen LogP contribution in [0.4, 0.5) is 6.01 Å². The zero-order valence-corrected chi connectivity index (χ0v) is 8.38. The maximum Gasteiger partial charge on any atom is 0.292 e. The molecule has 0 fully saturated rings. The van der Waals surface area contributed by atoms with Gasteiger partial charge in [0.1, 0.15) is 0 Å². The van der Waals surface area contributed by atoms with Crippen molar-refractivity contribution in [2.24, 2.45) is 0 Å². The molecule has 0 aromatic carbocycles. The highest BCUT2D eigenvalue weighted by Crippen LogP contribution is 2.34. The molecule has 0 bridgehead atoms. The minimum absolute atomic E-state index is 0.0731. The molecule has 0 saturated carbocycles. The lowest BCUT2D eigenvalue weighted by Crippen LogP contribution is -1.82. The van der Waals surface area contributed by atoms with E-state index in [1.807, 2.05) is 0 Å². The van der Waals surface area contributed by atoms with Gasteiger partial charge in [-0.25, -0.2) is 4.98 Å². The topological polar surface area (TPSA) is 64.9 Å². The monoisotopic (exact) mass is 229 g/mol. The van der Waals surface area contributed by atoms with Gasteiger partial charge in [-0.15, -0.1) is 0 Å². The van der Waals surface area contributed by atoms with Gasteiger partial charge in [0.2, 0.25) is 0 Å². The van der Waals surface area contributed by atoms with Crippen LogP contribution in [0.5, 0.6) is 0 Å². The Morgan fingerprint density at radius 3 is 2.29 bits per heavy atom. The fourth-order valence-electron chi connectivity index (χ4n) is 1.05. The standard InChI is InChI=1S/C8H5Cl2N3O/c9-4-1-12-2-5(10)7(4)6-3-13-8(11)14-6/h1-3H,(H2,11,13). The van der Waals surface area contributed by atoms with Crippen molar-refractivity contribution < 1.29 is 4.42 Å². The fourth-order valence-corrected chi connectivity index (χ4v) is 1.60. The molecule has 0 spiro atoms. The van der Waals surface area contributed by atoms with Crippen molar-refractivity contribution in [2.75, 3.05) is 5.73 Å². The van der Waals surface area contributed by atoms with Crippen LogP contribution in [-0.4, -0.2) is 9.97 Å². The van der Waals surface area contributed by atoms with Gasteiger partial charge in [0.15, 0.2) is 5.76 Å². The molecule has 0 aliphatic rings. The summed E-state index contributed by atoms with van der Waals surface area (Å²) in [7, 11) is 0. The Morgan fingerprint density at radius 1 is 1.14 bits per heavy atom. The Hall–Kier alpha value is -1.26. The summed E-state index contributed by atoms with van der Waals surface area (Å²) in [5.41, 5.74) is 5.89. The molecule has 14 heavy (non-hydrogen) atoms. The van der Waals surface area contributed by atoms with Gasteiger partial charge in [0, 0.05) is 12.4 Å². The third-order valence-electron chi connectivity index (χ3n) is 1.62.